The van der Waals surface area contributed by atoms with Crippen LogP contribution in [0.4, 0.5) is 0 Å². The Hall–Kier alpha value is -0.870. The third-order valence-corrected chi connectivity index (χ3v) is 6.20. The summed E-state index contributed by atoms with van der Waals surface area (Å²) >= 11 is 0. The molecule has 2 heterocycles. The minimum absolute atomic E-state index is 0. The smallest absolute Gasteiger partial charge is 0.191 e. The number of aliphatic imine (C=N–C) groups is 1. The Labute approximate surface area is 172 Å². The largest absolute Gasteiger partial charge is 0.386 e. The summed E-state index contributed by atoms with van der Waals surface area (Å²) in [5.74, 6) is 1.40. The summed E-state index contributed by atoms with van der Waals surface area (Å²) in [5, 5.41) is 21.4. The number of ether oxygens (including phenoxy) is 1. The summed E-state index contributed by atoms with van der Waals surface area (Å²) in [6.45, 7) is 4.09. The van der Waals surface area contributed by atoms with Crippen LogP contribution in [0.15, 0.2) is 17.4 Å². The second kappa shape index (κ2) is 8.02. The number of hydrogen-bond acceptors (Lipinski definition) is 4. The van der Waals surface area contributed by atoms with Crippen LogP contribution in [-0.2, 0) is 11.8 Å². The molecule has 1 aromatic rings. The second-order valence-electron chi connectivity index (χ2n) is 7.64. The van der Waals surface area contributed by atoms with Gasteiger partial charge in [0, 0.05) is 49.3 Å². The Morgan fingerprint density at radius 1 is 1.54 bits per heavy atom. The van der Waals surface area contributed by atoms with Gasteiger partial charge in [0.05, 0.1) is 18.8 Å². The van der Waals surface area contributed by atoms with Crippen LogP contribution in [0, 0.1) is 11.3 Å². The van der Waals surface area contributed by atoms with Gasteiger partial charge in [-0.3, -0.25) is 9.67 Å². The Bertz CT molecular complexity index is 645. The van der Waals surface area contributed by atoms with Gasteiger partial charge >= 0.3 is 0 Å². The maximum atomic E-state index is 10.3. The molecule has 0 radical (unpaired) electrons. The molecular weight excluding hydrogens is 445 g/mol. The fourth-order valence-electron chi connectivity index (χ4n) is 4.82. The number of halogens is 1. The predicted octanol–water partition coefficient (Wildman–Crippen LogP) is 1.58. The van der Waals surface area contributed by atoms with Crippen LogP contribution in [0.5, 0.6) is 0 Å². The minimum atomic E-state index is -0.634. The highest BCUT2D eigenvalue weighted by Gasteiger charge is 2.66. The van der Waals surface area contributed by atoms with Crippen LogP contribution in [0.2, 0.25) is 0 Å². The Kier molecular flexibility index (Phi) is 6.13. The van der Waals surface area contributed by atoms with Crippen LogP contribution in [-0.4, -0.2) is 52.7 Å². The number of nitrogens with zero attached hydrogens (tertiary/aromatic N) is 3. The van der Waals surface area contributed by atoms with Crippen LogP contribution < -0.4 is 10.6 Å². The molecule has 3 aliphatic rings. The highest BCUT2D eigenvalue weighted by atomic mass is 127. The zero-order chi connectivity index (χ0) is 17.4. The Morgan fingerprint density at radius 3 is 2.96 bits per heavy atom. The first-order chi connectivity index (χ1) is 12.1. The number of nitrogens with one attached hydrogen (secondary N) is 2. The molecule has 1 aromatic heterocycles. The molecule has 26 heavy (non-hydrogen) atoms. The lowest BCUT2D eigenvalue weighted by Crippen LogP contribution is -2.72. The van der Waals surface area contributed by atoms with Gasteiger partial charge in [-0.15, -0.1) is 24.0 Å². The average Bonchev–Trinajstić information content (AvgIpc) is 3.16. The van der Waals surface area contributed by atoms with Gasteiger partial charge < -0.3 is 20.5 Å². The number of aliphatic hydroxyl groups is 1. The van der Waals surface area contributed by atoms with E-state index in [0.29, 0.717) is 30.0 Å². The molecule has 146 valence electrons. The van der Waals surface area contributed by atoms with Crippen molar-refractivity contribution in [2.75, 3.05) is 19.7 Å². The van der Waals surface area contributed by atoms with Gasteiger partial charge in [-0.05, 0) is 26.2 Å². The SMILES string of the molecule is CCNC(=NCC(O)c1cnn(C)c1)NC1C2CCOC2C12CCC2.I. The van der Waals surface area contributed by atoms with Crippen molar-refractivity contribution in [3.8, 4) is 0 Å². The molecule has 0 bridgehead atoms. The van der Waals surface area contributed by atoms with Crippen molar-refractivity contribution in [2.24, 2.45) is 23.4 Å². The van der Waals surface area contributed by atoms with Gasteiger partial charge in [0.15, 0.2) is 5.96 Å². The second-order valence-corrected chi connectivity index (χ2v) is 7.64. The van der Waals surface area contributed by atoms with Crippen molar-refractivity contribution < 1.29 is 9.84 Å². The average molecular weight is 475 g/mol. The number of aliphatic hydroxyl groups excluding tert-OH is 1. The standard InChI is InChI=1S/C18H29N5O2.HI/c1-3-19-17(20-10-14(24)12-9-21-23(2)11-12)22-15-13-5-8-25-16(13)18(15)6-4-7-18;/h9,11,13-16,24H,3-8,10H2,1-2H3,(H2,19,20,22);1H. The highest BCUT2D eigenvalue weighted by Crippen LogP contribution is 2.62. The van der Waals surface area contributed by atoms with Crippen LogP contribution in [0.1, 0.15) is 44.3 Å². The number of fused-ring (bicyclic) bond motifs is 2. The van der Waals surface area contributed by atoms with Crippen molar-refractivity contribution >= 4 is 29.9 Å². The van der Waals surface area contributed by atoms with E-state index in [-0.39, 0.29) is 24.0 Å². The molecule has 1 saturated heterocycles. The molecule has 8 heteroatoms. The van der Waals surface area contributed by atoms with Crippen molar-refractivity contribution in [1.29, 1.82) is 0 Å². The molecule has 4 rings (SSSR count). The minimum Gasteiger partial charge on any atom is -0.386 e. The third kappa shape index (κ3) is 3.35. The zero-order valence-electron chi connectivity index (χ0n) is 15.5. The lowest BCUT2D eigenvalue weighted by Gasteiger charge is -2.63. The van der Waals surface area contributed by atoms with Crippen LogP contribution in [0.3, 0.4) is 0 Å². The molecule has 3 fully saturated rings. The summed E-state index contributed by atoms with van der Waals surface area (Å²) in [5.41, 5.74) is 1.12. The summed E-state index contributed by atoms with van der Waals surface area (Å²) in [6, 6.07) is 0.446. The third-order valence-electron chi connectivity index (χ3n) is 6.20. The van der Waals surface area contributed by atoms with E-state index in [1.54, 1.807) is 10.9 Å². The van der Waals surface area contributed by atoms with E-state index in [9.17, 15) is 5.11 Å². The van der Waals surface area contributed by atoms with E-state index in [1.807, 2.05) is 13.2 Å². The first-order valence-electron chi connectivity index (χ1n) is 9.47. The van der Waals surface area contributed by atoms with E-state index in [0.717, 1.165) is 31.1 Å². The van der Waals surface area contributed by atoms with Crippen molar-refractivity contribution in [2.45, 2.75) is 50.9 Å². The zero-order valence-corrected chi connectivity index (χ0v) is 17.8. The predicted molar refractivity (Wildman–Crippen MR) is 111 cm³/mol. The molecule has 0 aromatic carbocycles. The lowest BCUT2D eigenvalue weighted by molar-refractivity contribution is -0.171. The number of aromatic nitrogens is 2. The number of guanidine groups is 1. The number of rotatable bonds is 5. The fraction of sp³-hybridized carbons (Fsp3) is 0.778. The summed E-state index contributed by atoms with van der Waals surface area (Å²) in [4.78, 5) is 4.63. The number of aryl methyl sites for hydroxylation is 1. The molecule has 4 atom stereocenters. The summed E-state index contributed by atoms with van der Waals surface area (Å²) in [7, 11) is 1.85. The molecule has 3 N–H and O–H groups in total. The fourth-order valence-corrected chi connectivity index (χ4v) is 4.82. The van der Waals surface area contributed by atoms with E-state index >= 15 is 0 Å². The topological polar surface area (TPSA) is 83.7 Å². The molecular formula is C18H30IN5O2. The van der Waals surface area contributed by atoms with E-state index in [1.165, 1.54) is 19.3 Å². The molecule has 2 saturated carbocycles. The van der Waals surface area contributed by atoms with Gasteiger partial charge in [-0.25, -0.2) is 0 Å². The van der Waals surface area contributed by atoms with E-state index < -0.39 is 6.10 Å². The maximum Gasteiger partial charge on any atom is 0.191 e. The number of hydrogen-bond donors (Lipinski definition) is 3. The maximum absolute atomic E-state index is 10.3. The molecule has 2 aliphatic carbocycles. The quantitative estimate of drug-likeness (QED) is 0.342. The van der Waals surface area contributed by atoms with Gasteiger partial charge in [-0.1, -0.05) is 6.42 Å². The highest BCUT2D eigenvalue weighted by molar-refractivity contribution is 14.0. The first kappa shape index (κ1) is 19.9. The molecule has 1 aliphatic heterocycles. The Balaban J connectivity index is 0.00000196. The lowest BCUT2D eigenvalue weighted by atomic mass is 9.46. The van der Waals surface area contributed by atoms with Gasteiger partial charge in [0.25, 0.3) is 0 Å². The van der Waals surface area contributed by atoms with E-state index in [4.69, 9.17) is 4.74 Å². The van der Waals surface area contributed by atoms with Gasteiger partial charge in [0.2, 0.25) is 0 Å². The van der Waals surface area contributed by atoms with Crippen LogP contribution in [0.25, 0.3) is 0 Å². The normalized spacial score (nSPS) is 30.0. The summed E-state index contributed by atoms with van der Waals surface area (Å²) < 4.78 is 7.69. The van der Waals surface area contributed by atoms with E-state index in [2.05, 4.69) is 27.6 Å². The van der Waals surface area contributed by atoms with Gasteiger partial charge in [-0.2, -0.15) is 5.10 Å². The molecule has 7 nitrogen and oxygen atoms in total. The van der Waals surface area contributed by atoms with Crippen molar-refractivity contribution in [1.82, 2.24) is 20.4 Å². The Morgan fingerprint density at radius 2 is 2.35 bits per heavy atom. The van der Waals surface area contributed by atoms with Crippen LogP contribution >= 0.6 is 24.0 Å². The molecule has 0 amide bonds. The summed E-state index contributed by atoms with van der Waals surface area (Å²) in [6.07, 6.45) is 8.29. The first-order valence-corrected chi connectivity index (χ1v) is 9.47. The van der Waals surface area contributed by atoms with Gasteiger partial charge in [0.1, 0.15) is 6.10 Å². The monoisotopic (exact) mass is 475 g/mol. The molecule has 4 unspecified atom stereocenters. The van der Waals surface area contributed by atoms with Crippen molar-refractivity contribution in [3.63, 3.8) is 0 Å². The van der Waals surface area contributed by atoms with Crippen molar-refractivity contribution in [3.05, 3.63) is 18.0 Å². The molecule has 1 spiro atoms.